The van der Waals surface area contributed by atoms with Crippen molar-refractivity contribution in [3.05, 3.63) is 65.7 Å². The first kappa shape index (κ1) is 17.1. The second-order valence-electron chi connectivity index (χ2n) is 6.01. The van der Waals surface area contributed by atoms with Crippen molar-refractivity contribution in [2.75, 3.05) is 7.11 Å². The summed E-state index contributed by atoms with van der Waals surface area (Å²) < 4.78 is 5.33. The number of rotatable bonds is 7. The Labute approximate surface area is 138 Å². The number of hydrogen-bond donors (Lipinski definition) is 1. The van der Waals surface area contributed by atoms with E-state index >= 15 is 0 Å². The lowest BCUT2D eigenvalue weighted by atomic mass is 9.95. The van der Waals surface area contributed by atoms with E-state index in [0.29, 0.717) is 18.8 Å². The molecule has 0 aliphatic carbocycles. The van der Waals surface area contributed by atoms with E-state index in [-0.39, 0.29) is 11.9 Å². The Morgan fingerprint density at radius 2 is 1.70 bits per heavy atom. The molecule has 0 saturated carbocycles. The number of hydrogen-bond acceptors (Lipinski definition) is 2. The summed E-state index contributed by atoms with van der Waals surface area (Å²) >= 11 is 0. The molecule has 0 spiro atoms. The lowest BCUT2D eigenvalue weighted by molar-refractivity contribution is -0.122. The lowest BCUT2D eigenvalue weighted by Crippen LogP contribution is -2.31. The number of para-hydroxylation sites is 1. The molecule has 1 unspecified atom stereocenters. The summed E-state index contributed by atoms with van der Waals surface area (Å²) in [7, 11) is 1.66. The van der Waals surface area contributed by atoms with E-state index in [1.165, 1.54) is 0 Å². The van der Waals surface area contributed by atoms with Gasteiger partial charge in [-0.25, -0.2) is 0 Å². The minimum atomic E-state index is 0.0429. The molecule has 2 aromatic rings. The van der Waals surface area contributed by atoms with Crippen molar-refractivity contribution in [1.29, 1.82) is 0 Å². The van der Waals surface area contributed by atoms with Crippen LogP contribution in [0, 0.1) is 5.92 Å². The van der Waals surface area contributed by atoms with Crippen LogP contribution in [0.5, 0.6) is 5.75 Å². The van der Waals surface area contributed by atoms with Crippen molar-refractivity contribution < 1.29 is 9.53 Å². The van der Waals surface area contributed by atoms with Crippen LogP contribution in [0.1, 0.15) is 37.4 Å². The normalized spacial score (nSPS) is 12.0. The van der Waals surface area contributed by atoms with Crippen molar-refractivity contribution >= 4 is 5.91 Å². The fourth-order valence-corrected chi connectivity index (χ4v) is 2.70. The van der Waals surface area contributed by atoms with Crippen molar-refractivity contribution in [1.82, 2.24) is 5.32 Å². The van der Waals surface area contributed by atoms with Crippen LogP contribution < -0.4 is 10.1 Å². The molecule has 2 rings (SSSR count). The zero-order chi connectivity index (χ0) is 16.7. The summed E-state index contributed by atoms with van der Waals surface area (Å²) in [5.74, 6) is 1.25. The molecule has 1 atom stereocenters. The number of amides is 1. The molecule has 23 heavy (non-hydrogen) atoms. The van der Waals surface area contributed by atoms with Crippen molar-refractivity contribution in [2.45, 2.75) is 32.7 Å². The molecular weight excluding hydrogens is 286 g/mol. The van der Waals surface area contributed by atoms with Crippen LogP contribution in [0.4, 0.5) is 0 Å². The fourth-order valence-electron chi connectivity index (χ4n) is 2.70. The minimum Gasteiger partial charge on any atom is -0.496 e. The Bertz CT molecular complexity index is 623. The summed E-state index contributed by atoms with van der Waals surface area (Å²) in [4.78, 5) is 12.4. The molecule has 2 aromatic carbocycles. The van der Waals surface area contributed by atoms with E-state index in [1.54, 1.807) is 7.11 Å². The molecule has 0 radical (unpaired) electrons. The third-order valence-corrected chi connectivity index (χ3v) is 3.96. The third-order valence-electron chi connectivity index (χ3n) is 3.96. The van der Waals surface area contributed by atoms with E-state index in [2.05, 4.69) is 31.3 Å². The summed E-state index contributed by atoms with van der Waals surface area (Å²) in [5.41, 5.74) is 2.21. The standard InChI is InChI=1S/C20H25NO2/c1-15(2)20(17-10-5-4-6-11-17)21-19(22)14-13-16-9-7-8-12-18(16)23-3/h4-12,15,20H,13-14H2,1-3H3,(H,21,22). The topological polar surface area (TPSA) is 38.3 Å². The van der Waals surface area contributed by atoms with Gasteiger partial charge in [0.2, 0.25) is 5.91 Å². The Balaban J connectivity index is 1.97. The number of carbonyl (C=O) groups excluding carboxylic acids is 1. The van der Waals surface area contributed by atoms with Crippen LogP contribution in [0.2, 0.25) is 0 Å². The number of nitrogens with one attached hydrogen (secondary N) is 1. The van der Waals surface area contributed by atoms with Gasteiger partial charge in [0.25, 0.3) is 0 Å². The van der Waals surface area contributed by atoms with Crippen molar-refractivity contribution in [3.63, 3.8) is 0 Å². The van der Waals surface area contributed by atoms with Gasteiger partial charge in [0, 0.05) is 6.42 Å². The highest BCUT2D eigenvalue weighted by atomic mass is 16.5. The maximum atomic E-state index is 12.4. The highest BCUT2D eigenvalue weighted by Gasteiger charge is 2.18. The number of methoxy groups -OCH3 is 1. The molecule has 1 amide bonds. The summed E-state index contributed by atoms with van der Waals surface area (Å²) in [6.07, 6.45) is 1.13. The van der Waals surface area contributed by atoms with E-state index < -0.39 is 0 Å². The summed E-state index contributed by atoms with van der Waals surface area (Å²) in [5, 5.41) is 3.16. The van der Waals surface area contributed by atoms with Gasteiger partial charge in [-0.2, -0.15) is 0 Å². The third kappa shape index (κ3) is 4.85. The second kappa shape index (κ2) is 8.37. The Hall–Kier alpha value is -2.29. The van der Waals surface area contributed by atoms with Gasteiger partial charge in [-0.05, 0) is 29.5 Å². The largest absolute Gasteiger partial charge is 0.496 e. The molecule has 1 N–H and O–H groups in total. The first-order valence-corrected chi connectivity index (χ1v) is 8.08. The number of benzene rings is 2. The molecule has 0 bridgehead atoms. The molecule has 0 aliphatic heterocycles. The van der Waals surface area contributed by atoms with E-state index in [0.717, 1.165) is 16.9 Å². The van der Waals surface area contributed by atoms with Crippen LogP contribution >= 0.6 is 0 Å². The van der Waals surface area contributed by atoms with Crippen LogP contribution in [0.15, 0.2) is 54.6 Å². The number of ether oxygens (including phenoxy) is 1. The van der Waals surface area contributed by atoms with E-state index in [1.807, 2.05) is 42.5 Å². The molecule has 0 aliphatic rings. The molecule has 0 aromatic heterocycles. The Morgan fingerprint density at radius 1 is 1.04 bits per heavy atom. The Morgan fingerprint density at radius 3 is 2.35 bits per heavy atom. The highest BCUT2D eigenvalue weighted by molar-refractivity contribution is 5.76. The highest BCUT2D eigenvalue weighted by Crippen LogP contribution is 2.22. The molecule has 3 nitrogen and oxygen atoms in total. The first-order valence-electron chi connectivity index (χ1n) is 8.08. The molecule has 122 valence electrons. The Kier molecular flexibility index (Phi) is 6.21. The van der Waals surface area contributed by atoms with Gasteiger partial charge in [0.15, 0.2) is 0 Å². The quantitative estimate of drug-likeness (QED) is 0.834. The SMILES string of the molecule is COc1ccccc1CCC(=O)NC(c1ccccc1)C(C)C. The van der Waals surface area contributed by atoms with Crippen LogP contribution in [-0.4, -0.2) is 13.0 Å². The smallest absolute Gasteiger partial charge is 0.220 e. The van der Waals surface area contributed by atoms with Gasteiger partial charge in [0.1, 0.15) is 5.75 Å². The van der Waals surface area contributed by atoms with Crippen LogP contribution in [0.25, 0.3) is 0 Å². The zero-order valence-electron chi connectivity index (χ0n) is 14.1. The molecular formula is C20H25NO2. The molecule has 0 fully saturated rings. The van der Waals surface area contributed by atoms with Crippen molar-refractivity contribution in [2.24, 2.45) is 5.92 Å². The summed E-state index contributed by atoms with van der Waals surface area (Å²) in [6.45, 7) is 4.25. The number of carbonyl (C=O) groups is 1. The average Bonchev–Trinajstić information content (AvgIpc) is 2.58. The maximum Gasteiger partial charge on any atom is 0.220 e. The molecule has 0 saturated heterocycles. The maximum absolute atomic E-state index is 12.4. The van der Waals surface area contributed by atoms with E-state index in [9.17, 15) is 4.79 Å². The predicted octanol–water partition coefficient (Wildman–Crippen LogP) is 4.14. The monoisotopic (exact) mass is 311 g/mol. The van der Waals surface area contributed by atoms with E-state index in [4.69, 9.17) is 4.74 Å². The van der Waals surface area contributed by atoms with Gasteiger partial charge in [0.05, 0.1) is 13.2 Å². The van der Waals surface area contributed by atoms with Gasteiger partial charge in [-0.3, -0.25) is 4.79 Å². The summed E-state index contributed by atoms with van der Waals surface area (Å²) in [6, 6.07) is 18.0. The predicted molar refractivity (Wildman–Crippen MR) is 93.5 cm³/mol. The molecule has 3 heteroatoms. The van der Waals surface area contributed by atoms with Gasteiger partial charge >= 0.3 is 0 Å². The lowest BCUT2D eigenvalue weighted by Gasteiger charge is -2.23. The zero-order valence-corrected chi connectivity index (χ0v) is 14.1. The second-order valence-corrected chi connectivity index (χ2v) is 6.01. The van der Waals surface area contributed by atoms with Crippen LogP contribution in [0.3, 0.4) is 0 Å². The van der Waals surface area contributed by atoms with Crippen molar-refractivity contribution in [3.8, 4) is 5.75 Å². The first-order chi connectivity index (χ1) is 11.1. The number of aryl methyl sites for hydroxylation is 1. The fraction of sp³-hybridized carbons (Fsp3) is 0.350. The van der Waals surface area contributed by atoms with Gasteiger partial charge in [-0.15, -0.1) is 0 Å². The molecule has 0 heterocycles. The van der Waals surface area contributed by atoms with Crippen LogP contribution in [-0.2, 0) is 11.2 Å². The van der Waals surface area contributed by atoms with Gasteiger partial charge in [-0.1, -0.05) is 62.4 Å². The van der Waals surface area contributed by atoms with Gasteiger partial charge < -0.3 is 10.1 Å². The average molecular weight is 311 g/mol. The minimum absolute atomic E-state index is 0.0429.